The van der Waals surface area contributed by atoms with Crippen molar-refractivity contribution in [3.8, 4) is 0 Å². The molecular formula is C24H50O4S. The Balaban J connectivity index is 3.34. The van der Waals surface area contributed by atoms with Gasteiger partial charge < -0.3 is 5.11 Å². The Labute approximate surface area is 182 Å². The third kappa shape index (κ3) is 19.6. The molecule has 0 radical (unpaired) electrons. The van der Waals surface area contributed by atoms with Crippen molar-refractivity contribution in [3.05, 3.63) is 0 Å². The van der Waals surface area contributed by atoms with Crippen LogP contribution in [-0.4, -0.2) is 29.4 Å². The Morgan fingerprint density at radius 2 is 0.931 bits per heavy atom. The lowest BCUT2D eigenvalue weighted by atomic mass is 10.0. The summed E-state index contributed by atoms with van der Waals surface area (Å²) in [5.41, 5.74) is 0. The minimum atomic E-state index is -3.87. The fraction of sp³-hybridized carbons (Fsp3) is 1.00. The van der Waals surface area contributed by atoms with Gasteiger partial charge in [-0.2, -0.15) is 8.42 Å². The molecule has 0 aromatic rings. The maximum absolute atomic E-state index is 11.1. The van der Waals surface area contributed by atoms with Crippen LogP contribution in [0.15, 0.2) is 0 Å². The van der Waals surface area contributed by atoms with Crippen LogP contribution >= 0.6 is 0 Å². The number of hydrogen-bond donors (Lipinski definition) is 2. The van der Waals surface area contributed by atoms with E-state index in [9.17, 15) is 13.5 Å². The van der Waals surface area contributed by atoms with E-state index in [1.807, 2.05) is 6.92 Å². The molecule has 0 fully saturated rings. The first-order chi connectivity index (χ1) is 13.9. The minimum absolute atomic E-state index is 0.119. The fourth-order valence-electron chi connectivity index (χ4n) is 4.03. The maximum atomic E-state index is 11.1. The van der Waals surface area contributed by atoms with E-state index in [-0.39, 0.29) is 6.10 Å². The van der Waals surface area contributed by atoms with E-state index in [4.69, 9.17) is 4.55 Å². The van der Waals surface area contributed by atoms with Gasteiger partial charge >= 0.3 is 0 Å². The molecule has 4 nitrogen and oxygen atoms in total. The lowest BCUT2D eigenvalue weighted by molar-refractivity contribution is 0.147. The Bertz CT molecular complexity index is 436. The Morgan fingerprint density at radius 1 is 0.586 bits per heavy atom. The van der Waals surface area contributed by atoms with Gasteiger partial charge in [0.05, 0.1) is 11.4 Å². The summed E-state index contributed by atoms with van der Waals surface area (Å²) in [5, 5.41) is 9.51. The van der Waals surface area contributed by atoms with Gasteiger partial charge in [-0.1, -0.05) is 117 Å². The van der Waals surface area contributed by atoms with Gasteiger partial charge in [-0.25, -0.2) is 0 Å². The van der Waals surface area contributed by atoms with E-state index in [0.717, 1.165) is 38.5 Å². The lowest BCUT2D eigenvalue weighted by Gasteiger charge is -2.11. The van der Waals surface area contributed by atoms with E-state index >= 15 is 0 Å². The second-order valence-corrected chi connectivity index (χ2v) is 10.6. The lowest BCUT2D eigenvalue weighted by Crippen LogP contribution is -2.19. The number of rotatable bonds is 22. The number of unbranched alkanes of at least 4 members (excludes halogenated alkanes) is 14. The Kier molecular flexibility index (Phi) is 19.7. The first kappa shape index (κ1) is 28.9. The van der Waals surface area contributed by atoms with Crippen molar-refractivity contribution in [3.63, 3.8) is 0 Å². The molecule has 2 atom stereocenters. The zero-order chi connectivity index (χ0) is 21.8. The van der Waals surface area contributed by atoms with Crippen LogP contribution in [0, 0.1) is 0 Å². The molecule has 0 saturated heterocycles. The van der Waals surface area contributed by atoms with Crippen molar-refractivity contribution in [1.29, 1.82) is 0 Å². The predicted molar refractivity (Wildman–Crippen MR) is 125 cm³/mol. The quantitative estimate of drug-likeness (QED) is 0.137. The van der Waals surface area contributed by atoms with Gasteiger partial charge in [-0.05, 0) is 25.7 Å². The molecule has 0 aliphatic carbocycles. The molecule has 0 spiro atoms. The molecule has 0 bridgehead atoms. The van der Waals surface area contributed by atoms with Crippen LogP contribution in [0.3, 0.4) is 0 Å². The molecular weight excluding hydrogens is 384 g/mol. The van der Waals surface area contributed by atoms with Crippen molar-refractivity contribution in [2.75, 3.05) is 0 Å². The highest BCUT2D eigenvalue weighted by atomic mass is 32.2. The first-order valence-electron chi connectivity index (χ1n) is 12.6. The Morgan fingerprint density at radius 3 is 1.28 bits per heavy atom. The van der Waals surface area contributed by atoms with Gasteiger partial charge in [0.15, 0.2) is 0 Å². The summed E-state index contributed by atoms with van der Waals surface area (Å²) in [6.45, 7) is 4.06. The van der Waals surface area contributed by atoms with E-state index in [2.05, 4.69) is 6.92 Å². The van der Waals surface area contributed by atoms with Gasteiger partial charge in [0.25, 0.3) is 10.1 Å². The van der Waals surface area contributed by atoms with Crippen LogP contribution < -0.4 is 0 Å². The molecule has 0 saturated carbocycles. The minimum Gasteiger partial charge on any atom is -0.393 e. The third-order valence-electron chi connectivity index (χ3n) is 6.08. The van der Waals surface area contributed by atoms with Gasteiger partial charge in [0.2, 0.25) is 0 Å². The molecule has 0 aromatic carbocycles. The van der Waals surface area contributed by atoms with Crippen LogP contribution in [0.4, 0.5) is 0 Å². The van der Waals surface area contributed by atoms with Crippen molar-refractivity contribution in [2.24, 2.45) is 0 Å². The summed E-state index contributed by atoms with van der Waals surface area (Å²) in [6.07, 6.45) is 22.5. The van der Waals surface area contributed by atoms with Gasteiger partial charge in [-0.3, -0.25) is 4.55 Å². The SMILES string of the molecule is CCCCCCCCCCCC(O)CCCCCCCCCC(CC)S(=O)(=O)O. The standard InChI is InChI=1S/C24H50O4S/c1-3-5-6-7-8-9-11-14-17-20-23(25)21-18-15-12-10-13-16-19-22-24(4-2)29(26,27)28/h23-25H,3-22H2,1-2H3,(H,26,27,28). The van der Waals surface area contributed by atoms with Crippen molar-refractivity contribution in [1.82, 2.24) is 0 Å². The van der Waals surface area contributed by atoms with Crippen LogP contribution in [-0.2, 0) is 10.1 Å². The number of hydrogen-bond acceptors (Lipinski definition) is 3. The van der Waals surface area contributed by atoms with Crippen molar-refractivity contribution in [2.45, 2.75) is 154 Å². The molecule has 0 amide bonds. The second kappa shape index (κ2) is 19.8. The molecule has 0 rings (SSSR count). The van der Waals surface area contributed by atoms with E-state index < -0.39 is 15.4 Å². The van der Waals surface area contributed by atoms with Crippen LogP contribution in [0.2, 0.25) is 0 Å². The average Bonchev–Trinajstić information content (AvgIpc) is 2.67. The summed E-state index contributed by atoms with van der Waals surface area (Å²) < 4.78 is 31.4. The average molecular weight is 435 g/mol. The molecule has 0 aromatic heterocycles. The molecule has 0 aliphatic heterocycles. The number of aliphatic hydroxyl groups excluding tert-OH is 1. The first-order valence-corrected chi connectivity index (χ1v) is 14.1. The zero-order valence-corrected chi connectivity index (χ0v) is 20.2. The molecule has 5 heteroatoms. The molecule has 0 aliphatic rings. The predicted octanol–water partition coefficient (Wildman–Crippen LogP) is 7.45. The Hall–Kier alpha value is -0.130. The van der Waals surface area contributed by atoms with E-state index in [0.29, 0.717) is 12.8 Å². The van der Waals surface area contributed by atoms with Gasteiger partial charge in [0.1, 0.15) is 0 Å². The van der Waals surface area contributed by atoms with Crippen molar-refractivity contribution >= 4 is 10.1 Å². The highest BCUT2D eigenvalue weighted by molar-refractivity contribution is 7.86. The van der Waals surface area contributed by atoms with Crippen LogP contribution in [0.25, 0.3) is 0 Å². The molecule has 176 valence electrons. The summed E-state index contributed by atoms with van der Waals surface area (Å²) in [4.78, 5) is 0. The molecule has 2 N–H and O–H groups in total. The zero-order valence-electron chi connectivity index (χ0n) is 19.4. The fourth-order valence-corrected chi connectivity index (χ4v) is 4.92. The summed E-state index contributed by atoms with van der Waals surface area (Å²) >= 11 is 0. The largest absolute Gasteiger partial charge is 0.393 e. The smallest absolute Gasteiger partial charge is 0.267 e. The van der Waals surface area contributed by atoms with Crippen LogP contribution in [0.1, 0.15) is 142 Å². The summed E-state index contributed by atoms with van der Waals surface area (Å²) in [6, 6.07) is 0. The molecule has 2 unspecified atom stereocenters. The van der Waals surface area contributed by atoms with E-state index in [1.165, 1.54) is 77.0 Å². The molecule has 0 heterocycles. The normalized spacial score (nSPS) is 14.2. The monoisotopic (exact) mass is 434 g/mol. The maximum Gasteiger partial charge on any atom is 0.267 e. The third-order valence-corrected chi connectivity index (χ3v) is 7.49. The molecule has 29 heavy (non-hydrogen) atoms. The van der Waals surface area contributed by atoms with Crippen molar-refractivity contribution < 1.29 is 18.1 Å². The summed E-state index contributed by atoms with van der Waals surface area (Å²) in [7, 11) is -3.87. The van der Waals surface area contributed by atoms with Gasteiger partial charge in [0, 0.05) is 0 Å². The number of aliphatic hydroxyl groups is 1. The second-order valence-electron chi connectivity index (χ2n) is 8.87. The highest BCUT2D eigenvalue weighted by Gasteiger charge is 2.19. The summed E-state index contributed by atoms with van der Waals surface area (Å²) in [5.74, 6) is 0. The van der Waals surface area contributed by atoms with Crippen LogP contribution in [0.5, 0.6) is 0 Å². The topological polar surface area (TPSA) is 74.6 Å². The highest BCUT2D eigenvalue weighted by Crippen LogP contribution is 2.17. The van der Waals surface area contributed by atoms with Gasteiger partial charge in [-0.15, -0.1) is 0 Å². The van der Waals surface area contributed by atoms with E-state index in [1.54, 1.807) is 0 Å².